The Kier molecular flexibility index (Phi) is 2.74. The zero-order valence-electron chi connectivity index (χ0n) is 5.86. The number of hydrogen-bond donors (Lipinski definition) is 1. The van der Waals surface area contributed by atoms with Crippen LogP contribution in [-0.4, -0.2) is 5.71 Å². The Labute approximate surface area is 51.6 Å². The van der Waals surface area contributed by atoms with Crippen molar-refractivity contribution in [3.05, 3.63) is 6.92 Å². The summed E-state index contributed by atoms with van der Waals surface area (Å²) < 4.78 is 0. The molecular weight excluding hydrogens is 98.1 g/mol. The minimum absolute atomic E-state index is 0.204. The fourth-order valence-electron chi connectivity index (χ4n) is 0.500. The van der Waals surface area contributed by atoms with Gasteiger partial charge in [0.05, 0.1) is 0 Å². The topological polar surface area (TPSA) is 23.9 Å². The molecule has 0 saturated heterocycles. The van der Waals surface area contributed by atoms with E-state index in [1.807, 2.05) is 0 Å². The highest BCUT2D eigenvalue weighted by molar-refractivity contribution is 5.81. The standard InChI is InChI=1S/C7H14N/c1-5(2)6(3)7(4)8/h5-6,8H,3H2,1-2,4H3. The lowest BCUT2D eigenvalue weighted by Gasteiger charge is -2.12. The van der Waals surface area contributed by atoms with E-state index in [0.29, 0.717) is 11.6 Å². The zero-order chi connectivity index (χ0) is 6.73. The molecule has 0 heterocycles. The van der Waals surface area contributed by atoms with Crippen LogP contribution in [0.25, 0.3) is 0 Å². The molecule has 0 spiro atoms. The monoisotopic (exact) mass is 112 g/mol. The summed E-state index contributed by atoms with van der Waals surface area (Å²) in [7, 11) is 0. The van der Waals surface area contributed by atoms with Gasteiger partial charge in [0, 0.05) is 5.71 Å². The van der Waals surface area contributed by atoms with Crippen molar-refractivity contribution in [2.45, 2.75) is 20.8 Å². The predicted molar refractivity (Wildman–Crippen MR) is 37.1 cm³/mol. The van der Waals surface area contributed by atoms with Gasteiger partial charge >= 0.3 is 0 Å². The first-order valence-corrected chi connectivity index (χ1v) is 2.93. The summed E-state index contributed by atoms with van der Waals surface area (Å²) in [6.45, 7) is 9.77. The van der Waals surface area contributed by atoms with Gasteiger partial charge in [-0.05, 0) is 25.7 Å². The first-order chi connectivity index (χ1) is 3.55. The molecule has 0 aliphatic rings. The lowest BCUT2D eigenvalue weighted by Crippen LogP contribution is -2.12. The molecule has 1 atom stereocenters. The number of hydrogen-bond acceptors (Lipinski definition) is 1. The summed E-state index contributed by atoms with van der Waals surface area (Å²) in [4.78, 5) is 0. The van der Waals surface area contributed by atoms with Gasteiger partial charge < -0.3 is 5.41 Å². The molecule has 1 nitrogen and oxygen atoms in total. The Morgan fingerprint density at radius 2 is 1.88 bits per heavy atom. The average Bonchev–Trinajstić information content (AvgIpc) is 1.64. The van der Waals surface area contributed by atoms with Crippen LogP contribution in [0.3, 0.4) is 0 Å². The quantitative estimate of drug-likeness (QED) is 0.529. The molecule has 1 heteroatoms. The minimum Gasteiger partial charge on any atom is -0.310 e. The molecule has 1 unspecified atom stereocenters. The lowest BCUT2D eigenvalue weighted by atomic mass is 9.94. The second kappa shape index (κ2) is 2.85. The van der Waals surface area contributed by atoms with Crippen molar-refractivity contribution in [1.82, 2.24) is 0 Å². The third-order valence-corrected chi connectivity index (χ3v) is 1.36. The van der Waals surface area contributed by atoms with Crippen molar-refractivity contribution >= 4 is 5.71 Å². The average molecular weight is 112 g/mol. The lowest BCUT2D eigenvalue weighted by molar-refractivity contribution is 0.570. The Morgan fingerprint density at radius 1 is 1.50 bits per heavy atom. The molecule has 0 bridgehead atoms. The van der Waals surface area contributed by atoms with E-state index in [-0.39, 0.29) is 5.92 Å². The Hall–Kier alpha value is -0.330. The van der Waals surface area contributed by atoms with Gasteiger partial charge in [-0.15, -0.1) is 0 Å². The first-order valence-electron chi connectivity index (χ1n) is 2.93. The largest absolute Gasteiger partial charge is 0.310 e. The molecule has 0 fully saturated rings. The van der Waals surface area contributed by atoms with Crippen LogP contribution in [0.2, 0.25) is 0 Å². The molecule has 0 rings (SSSR count). The van der Waals surface area contributed by atoms with Gasteiger partial charge in [0.15, 0.2) is 0 Å². The Bertz CT molecular complexity index is 84.4. The van der Waals surface area contributed by atoms with E-state index in [9.17, 15) is 0 Å². The van der Waals surface area contributed by atoms with Gasteiger partial charge in [0.25, 0.3) is 0 Å². The summed E-state index contributed by atoms with van der Waals surface area (Å²) in [5, 5.41) is 7.17. The molecular formula is C7H14N. The smallest absolute Gasteiger partial charge is 0.00916 e. The van der Waals surface area contributed by atoms with E-state index in [1.165, 1.54) is 0 Å². The van der Waals surface area contributed by atoms with Crippen molar-refractivity contribution in [3.8, 4) is 0 Å². The van der Waals surface area contributed by atoms with Crippen molar-refractivity contribution in [3.63, 3.8) is 0 Å². The maximum absolute atomic E-state index is 7.17. The zero-order valence-corrected chi connectivity index (χ0v) is 5.86. The van der Waals surface area contributed by atoms with Gasteiger partial charge in [-0.2, -0.15) is 0 Å². The summed E-state index contributed by atoms with van der Waals surface area (Å²) in [6, 6.07) is 0. The van der Waals surface area contributed by atoms with Gasteiger partial charge in [-0.3, -0.25) is 0 Å². The summed E-state index contributed by atoms with van der Waals surface area (Å²) >= 11 is 0. The molecule has 0 aromatic carbocycles. The van der Waals surface area contributed by atoms with Crippen LogP contribution in [0.15, 0.2) is 0 Å². The third kappa shape index (κ3) is 2.10. The van der Waals surface area contributed by atoms with E-state index >= 15 is 0 Å². The second-order valence-corrected chi connectivity index (χ2v) is 2.53. The van der Waals surface area contributed by atoms with Gasteiger partial charge in [0.2, 0.25) is 0 Å². The number of rotatable bonds is 2. The van der Waals surface area contributed by atoms with Crippen LogP contribution < -0.4 is 0 Å². The van der Waals surface area contributed by atoms with Crippen LogP contribution in [0, 0.1) is 24.2 Å². The number of nitrogens with one attached hydrogen (secondary N) is 1. The van der Waals surface area contributed by atoms with Gasteiger partial charge in [-0.1, -0.05) is 13.8 Å². The van der Waals surface area contributed by atoms with E-state index < -0.39 is 0 Å². The highest BCUT2D eigenvalue weighted by Crippen LogP contribution is 2.08. The predicted octanol–water partition coefficient (Wildman–Crippen LogP) is 2.13. The molecule has 0 aliphatic heterocycles. The van der Waals surface area contributed by atoms with Crippen molar-refractivity contribution < 1.29 is 0 Å². The summed E-state index contributed by atoms with van der Waals surface area (Å²) in [5.74, 6) is 0.711. The SMILES string of the molecule is [CH2]C(C(C)=N)C(C)C. The Morgan fingerprint density at radius 3 is 1.88 bits per heavy atom. The van der Waals surface area contributed by atoms with E-state index in [2.05, 4.69) is 20.8 Å². The minimum atomic E-state index is 0.204. The maximum atomic E-state index is 7.17. The molecule has 1 radical (unpaired) electrons. The Balaban J connectivity index is 3.64. The first kappa shape index (κ1) is 7.67. The van der Waals surface area contributed by atoms with Crippen molar-refractivity contribution in [2.75, 3.05) is 0 Å². The van der Waals surface area contributed by atoms with Crippen LogP contribution >= 0.6 is 0 Å². The summed E-state index contributed by atoms with van der Waals surface area (Å²) in [5.41, 5.74) is 0.681. The normalized spacial score (nSPS) is 14.1. The van der Waals surface area contributed by atoms with Crippen LogP contribution in [0.1, 0.15) is 20.8 Å². The second-order valence-electron chi connectivity index (χ2n) is 2.53. The fourth-order valence-corrected chi connectivity index (χ4v) is 0.500. The molecule has 0 saturated carbocycles. The molecule has 47 valence electrons. The van der Waals surface area contributed by atoms with Crippen LogP contribution in [-0.2, 0) is 0 Å². The van der Waals surface area contributed by atoms with Crippen LogP contribution in [0.4, 0.5) is 0 Å². The summed E-state index contributed by atoms with van der Waals surface area (Å²) in [6.07, 6.45) is 0. The van der Waals surface area contributed by atoms with Gasteiger partial charge in [-0.25, -0.2) is 0 Å². The third-order valence-electron chi connectivity index (χ3n) is 1.36. The highest BCUT2D eigenvalue weighted by atomic mass is 14.4. The molecule has 8 heavy (non-hydrogen) atoms. The molecule has 0 aromatic rings. The van der Waals surface area contributed by atoms with Crippen LogP contribution in [0.5, 0.6) is 0 Å². The van der Waals surface area contributed by atoms with Crippen molar-refractivity contribution in [2.24, 2.45) is 11.8 Å². The molecule has 0 aromatic heterocycles. The molecule has 0 aliphatic carbocycles. The van der Waals surface area contributed by atoms with E-state index in [4.69, 9.17) is 5.41 Å². The highest BCUT2D eigenvalue weighted by Gasteiger charge is 2.07. The molecule has 0 amide bonds. The maximum Gasteiger partial charge on any atom is 0.00916 e. The van der Waals surface area contributed by atoms with E-state index in [0.717, 1.165) is 0 Å². The van der Waals surface area contributed by atoms with Gasteiger partial charge in [0.1, 0.15) is 0 Å². The van der Waals surface area contributed by atoms with E-state index in [1.54, 1.807) is 6.92 Å². The van der Waals surface area contributed by atoms with Crippen molar-refractivity contribution in [1.29, 1.82) is 5.41 Å². The fraction of sp³-hybridized carbons (Fsp3) is 0.714. The molecule has 1 N–H and O–H groups in total.